The number of carbonyl (C=O) groups is 1. The Kier molecular flexibility index (Phi) is 2.68. The first-order chi connectivity index (χ1) is 7.66. The standard InChI is InChI=1S/C11H10FN3O/c12-10-3-2-8(11(13)16)6-9(10)7-15-5-1-4-14-15/h1-6H,7H2,(H2,13,16). The number of amides is 1. The molecule has 1 heterocycles. The van der Waals surface area contributed by atoms with Crippen LogP contribution in [-0.2, 0) is 6.54 Å². The highest BCUT2D eigenvalue weighted by molar-refractivity contribution is 5.92. The van der Waals surface area contributed by atoms with Gasteiger partial charge in [-0.05, 0) is 24.3 Å². The molecule has 4 nitrogen and oxygen atoms in total. The number of hydrogen-bond donors (Lipinski definition) is 1. The summed E-state index contributed by atoms with van der Waals surface area (Å²) in [5, 5.41) is 3.96. The number of nitrogens with zero attached hydrogens (tertiary/aromatic N) is 2. The van der Waals surface area contributed by atoms with E-state index in [4.69, 9.17) is 5.73 Å². The predicted octanol–water partition coefficient (Wildman–Crippen LogP) is 1.17. The molecular weight excluding hydrogens is 209 g/mol. The Labute approximate surface area is 91.5 Å². The molecule has 2 rings (SSSR count). The molecule has 1 aromatic heterocycles. The summed E-state index contributed by atoms with van der Waals surface area (Å²) in [5.41, 5.74) is 5.81. The average molecular weight is 219 g/mol. The van der Waals surface area contributed by atoms with Crippen LogP contribution in [0.3, 0.4) is 0 Å². The van der Waals surface area contributed by atoms with E-state index in [9.17, 15) is 9.18 Å². The van der Waals surface area contributed by atoms with Gasteiger partial charge in [0.25, 0.3) is 0 Å². The van der Waals surface area contributed by atoms with E-state index >= 15 is 0 Å². The molecule has 0 radical (unpaired) electrons. The zero-order chi connectivity index (χ0) is 11.5. The van der Waals surface area contributed by atoms with Gasteiger partial charge in [0.15, 0.2) is 0 Å². The van der Waals surface area contributed by atoms with Crippen molar-refractivity contribution in [2.45, 2.75) is 6.54 Å². The van der Waals surface area contributed by atoms with Gasteiger partial charge in [0.2, 0.25) is 5.91 Å². The molecule has 2 N–H and O–H groups in total. The van der Waals surface area contributed by atoms with Gasteiger partial charge in [-0.3, -0.25) is 9.48 Å². The van der Waals surface area contributed by atoms with Gasteiger partial charge in [-0.1, -0.05) is 0 Å². The van der Waals surface area contributed by atoms with Gasteiger partial charge in [0.05, 0.1) is 6.54 Å². The number of halogens is 1. The largest absolute Gasteiger partial charge is 0.366 e. The smallest absolute Gasteiger partial charge is 0.248 e. The molecule has 0 bridgehead atoms. The lowest BCUT2D eigenvalue weighted by Gasteiger charge is -2.05. The summed E-state index contributed by atoms with van der Waals surface area (Å²) >= 11 is 0. The second-order valence-electron chi connectivity index (χ2n) is 3.37. The molecular formula is C11H10FN3O. The molecule has 0 atom stereocenters. The van der Waals surface area contributed by atoms with Crippen molar-refractivity contribution in [1.82, 2.24) is 9.78 Å². The van der Waals surface area contributed by atoms with Crippen LogP contribution in [0.1, 0.15) is 15.9 Å². The summed E-state index contributed by atoms with van der Waals surface area (Å²) in [4.78, 5) is 10.9. The first kappa shape index (κ1) is 10.4. The van der Waals surface area contributed by atoms with Crippen molar-refractivity contribution >= 4 is 5.91 Å². The van der Waals surface area contributed by atoms with Gasteiger partial charge in [-0.15, -0.1) is 0 Å². The van der Waals surface area contributed by atoms with Crippen LogP contribution in [0, 0.1) is 5.82 Å². The second kappa shape index (κ2) is 4.14. The third-order valence-electron chi connectivity index (χ3n) is 2.22. The quantitative estimate of drug-likeness (QED) is 0.842. The van der Waals surface area contributed by atoms with E-state index in [1.807, 2.05) is 0 Å². The molecule has 0 aliphatic heterocycles. The molecule has 1 aromatic carbocycles. The number of carbonyl (C=O) groups excluding carboxylic acids is 1. The van der Waals surface area contributed by atoms with Crippen molar-refractivity contribution in [3.8, 4) is 0 Å². The molecule has 82 valence electrons. The fraction of sp³-hybridized carbons (Fsp3) is 0.0909. The van der Waals surface area contributed by atoms with Gasteiger partial charge < -0.3 is 5.73 Å². The average Bonchev–Trinajstić information content (AvgIpc) is 2.73. The molecule has 0 unspecified atom stereocenters. The predicted molar refractivity (Wildman–Crippen MR) is 56.2 cm³/mol. The highest BCUT2D eigenvalue weighted by atomic mass is 19.1. The number of hydrogen-bond acceptors (Lipinski definition) is 2. The number of nitrogens with two attached hydrogens (primary N) is 1. The van der Waals surface area contributed by atoms with Gasteiger partial charge in [0.1, 0.15) is 5.82 Å². The maximum atomic E-state index is 13.4. The molecule has 0 spiro atoms. The van der Waals surface area contributed by atoms with Gasteiger partial charge >= 0.3 is 0 Å². The molecule has 16 heavy (non-hydrogen) atoms. The van der Waals surface area contributed by atoms with Gasteiger partial charge in [0, 0.05) is 23.5 Å². The Hall–Kier alpha value is -2.17. The third kappa shape index (κ3) is 2.08. The fourth-order valence-electron chi connectivity index (χ4n) is 1.42. The van der Waals surface area contributed by atoms with Crippen molar-refractivity contribution in [2.24, 2.45) is 5.73 Å². The summed E-state index contributed by atoms with van der Waals surface area (Å²) in [7, 11) is 0. The second-order valence-corrected chi connectivity index (χ2v) is 3.37. The summed E-state index contributed by atoms with van der Waals surface area (Å²) in [6, 6.07) is 5.79. The topological polar surface area (TPSA) is 60.9 Å². The van der Waals surface area contributed by atoms with Crippen molar-refractivity contribution in [2.75, 3.05) is 0 Å². The van der Waals surface area contributed by atoms with Crippen LogP contribution in [-0.4, -0.2) is 15.7 Å². The monoisotopic (exact) mass is 219 g/mol. The lowest BCUT2D eigenvalue weighted by Crippen LogP contribution is -2.12. The third-order valence-corrected chi connectivity index (χ3v) is 2.22. The van der Waals surface area contributed by atoms with Crippen molar-refractivity contribution in [3.63, 3.8) is 0 Å². The van der Waals surface area contributed by atoms with E-state index in [-0.39, 0.29) is 12.4 Å². The number of rotatable bonds is 3. The molecule has 0 saturated carbocycles. The summed E-state index contributed by atoms with van der Waals surface area (Å²) in [6.45, 7) is 0.278. The lowest BCUT2D eigenvalue weighted by atomic mass is 10.1. The highest BCUT2D eigenvalue weighted by Crippen LogP contribution is 2.11. The van der Waals surface area contributed by atoms with Crippen LogP contribution in [0.15, 0.2) is 36.7 Å². The number of benzene rings is 1. The summed E-state index contributed by atoms with van der Waals surface area (Å²) in [5.74, 6) is -0.942. The SMILES string of the molecule is NC(=O)c1ccc(F)c(Cn2cccn2)c1. The van der Waals surface area contributed by atoms with Crippen LogP contribution in [0.5, 0.6) is 0 Å². The maximum absolute atomic E-state index is 13.4. The minimum atomic E-state index is -0.568. The molecule has 5 heteroatoms. The van der Waals surface area contributed by atoms with E-state index < -0.39 is 5.91 Å². The summed E-state index contributed by atoms with van der Waals surface area (Å²) in [6.07, 6.45) is 3.33. The van der Waals surface area contributed by atoms with E-state index in [0.29, 0.717) is 11.1 Å². The highest BCUT2D eigenvalue weighted by Gasteiger charge is 2.07. The number of primary amides is 1. The van der Waals surface area contributed by atoms with Crippen LogP contribution in [0.4, 0.5) is 4.39 Å². The van der Waals surface area contributed by atoms with E-state index in [0.717, 1.165) is 0 Å². The van der Waals surface area contributed by atoms with Crippen LogP contribution in [0.2, 0.25) is 0 Å². The Morgan fingerprint density at radius 2 is 2.31 bits per heavy atom. The Morgan fingerprint density at radius 3 is 2.94 bits per heavy atom. The molecule has 0 saturated heterocycles. The normalized spacial score (nSPS) is 10.3. The molecule has 2 aromatic rings. The lowest BCUT2D eigenvalue weighted by molar-refractivity contribution is 0.1000. The minimum absolute atomic E-state index is 0.278. The van der Waals surface area contributed by atoms with Crippen LogP contribution >= 0.6 is 0 Å². The Balaban J connectivity index is 2.32. The molecule has 0 fully saturated rings. The van der Waals surface area contributed by atoms with E-state index in [1.54, 1.807) is 23.1 Å². The first-order valence-corrected chi connectivity index (χ1v) is 4.72. The van der Waals surface area contributed by atoms with Crippen molar-refractivity contribution in [1.29, 1.82) is 0 Å². The zero-order valence-electron chi connectivity index (χ0n) is 8.43. The summed E-state index contributed by atoms with van der Waals surface area (Å²) < 4.78 is 15.0. The first-order valence-electron chi connectivity index (χ1n) is 4.72. The van der Waals surface area contributed by atoms with Gasteiger partial charge in [-0.25, -0.2) is 4.39 Å². The van der Waals surface area contributed by atoms with Crippen LogP contribution in [0.25, 0.3) is 0 Å². The molecule has 1 amide bonds. The van der Waals surface area contributed by atoms with Gasteiger partial charge in [-0.2, -0.15) is 5.10 Å². The van der Waals surface area contributed by atoms with Crippen molar-refractivity contribution < 1.29 is 9.18 Å². The Morgan fingerprint density at radius 1 is 1.50 bits per heavy atom. The minimum Gasteiger partial charge on any atom is -0.366 e. The molecule has 0 aliphatic rings. The van der Waals surface area contributed by atoms with E-state index in [1.165, 1.54) is 18.2 Å². The fourth-order valence-corrected chi connectivity index (χ4v) is 1.42. The number of aromatic nitrogens is 2. The maximum Gasteiger partial charge on any atom is 0.248 e. The van der Waals surface area contributed by atoms with Crippen LogP contribution < -0.4 is 5.73 Å². The van der Waals surface area contributed by atoms with Crippen molar-refractivity contribution in [3.05, 3.63) is 53.6 Å². The van der Waals surface area contributed by atoms with E-state index in [2.05, 4.69) is 5.10 Å². The zero-order valence-corrected chi connectivity index (χ0v) is 8.43. The molecule has 0 aliphatic carbocycles. The Bertz CT molecular complexity index is 508.